The summed E-state index contributed by atoms with van der Waals surface area (Å²) in [7, 11) is 1.77. The van der Waals surface area contributed by atoms with Gasteiger partial charge in [0.2, 0.25) is 0 Å². The van der Waals surface area contributed by atoms with Gasteiger partial charge in [0.05, 0.1) is 5.60 Å². The number of hydrogen-bond acceptors (Lipinski definition) is 2. The molecule has 0 aromatic carbocycles. The molecule has 1 aliphatic carbocycles. The molecule has 1 rings (SSSR count). The minimum Gasteiger partial charge on any atom is -0.377 e. The fourth-order valence-electron chi connectivity index (χ4n) is 1.07. The van der Waals surface area contributed by atoms with E-state index in [0.29, 0.717) is 0 Å². The molecule has 0 aromatic rings. The fraction of sp³-hybridized carbons (Fsp3) is 1.00. The van der Waals surface area contributed by atoms with Gasteiger partial charge in [0, 0.05) is 19.7 Å². The molecule has 0 unspecified atom stereocenters. The Morgan fingerprint density at radius 2 is 2.09 bits per heavy atom. The van der Waals surface area contributed by atoms with Gasteiger partial charge in [-0.25, -0.2) is 0 Å². The zero-order chi connectivity index (χ0) is 8.32. The minimum atomic E-state index is -0.00438. The lowest BCUT2D eigenvalue weighted by molar-refractivity contribution is 0.0188. The smallest absolute Gasteiger partial charge is 0.0746 e. The number of hydrogen-bond donors (Lipinski definition) is 1. The van der Waals surface area contributed by atoms with E-state index in [1.807, 2.05) is 0 Å². The molecular formula is C9H19NO. The summed E-state index contributed by atoms with van der Waals surface area (Å²) in [4.78, 5) is 0. The van der Waals surface area contributed by atoms with E-state index in [2.05, 4.69) is 19.2 Å². The average Bonchev–Trinajstić information content (AvgIpc) is 1.84. The first-order valence-electron chi connectivity index (χ1n) is 4.42. The molecule has 0 saturated heterocycles. The zero-order valence-corrected chi connectivity index (χ0v) is 7.81. The normalized spacial score (nSPS) is 19.9. The van der Waals surface area contributed by atoms with E-state index < -0.39 is 0 Å². The number of ether oxygens (including phenoxy) is 1. The van der Waals surface area contributed by atoms with E-state index >= 15 is 0 Å². The van der Waals surface area contributed by atoms with Crippen LogP contribution in [0.3, 0.4) is 0 Å². The average molecular weight is 157 g/mol. The summed E-state index contributed by atoms with van der Waals surface area (Å²) < 4.78 is 5.29. The molecule has 0 aliphatic heterocycles. The Hall–Kier alpha value is -0.0800. The van der Waals surface area contributed by atoms with Crippen molar-refractivity contribution in [2.24, 2.45) is 0 Å². The Morgan fingerprint density at radius 3 is 2.45 bits per heavy atom. The first-order valence-corrected chi connectivity index (χ1v) is 4.42. The highest BCUT2D eigenvalue weighted by Gasteiger charge is 2.21. The van der Waals surface area contributed by atoms with Crippen LogP contribution in [0, 0.1) is 0 Å². The van der Waals surface area contributed by atoms with Gasteiger partial charge in [-0.15, -0.1) is 0 Å². The van der Waals surface area contributed by atoms with Crippen molar-refractivity contribution in [2.45, 2.75) is 44.8 Å². The molecule has 0 radical (unpaired) electrons. The number of rotatable bonds is 4. The molecule has 0 bridgehead atoms. The molecule has 0 atom stereocenters. The van der Waals surface area contributed by atoms with Gasteiger partial charge >= 0.3 is 0 Å². The molecule has 1 fully saturated rings. The predicted octanol–water partition coefficient (Wildman–Crippen LogP) is 1.55. The van der Waals surface area contributed by atoms with E-state index in [1.54, 1.807) is 7.11 Å². The van der Waals surface area contributed by atoms with Crippen LogP contribution in [0.15, 0.2) is 0 Å². The van der Waals surface area contributed by atoms with Gasteiger partial charge in [-0.1, -0.05) is 6.42 Å². The summed E-state index contributed by atoms with van der Waals surface area (Å²) in [6.45, 7) is 5.19. The Bertz CT molecular complexity index is 119. The van der Waals surface area contributed by atoms with Crippen molar-refractivity contribution in [2.75, 3.05) is 13.7 Å². The van der Waals surface area contributed by atoms with Crippen LogP contribution in [0.5, 0.6) is 0 Å². The van der Waals surface area contributed by atoms with Crippen molar-refractivity contribution in [3.05, 3.63) is 0 Å². The molecule has 2 nitrogen and oxygen atoms in total. The fourth-order valence-corrected chi connectivity index (χ4v) is 1.07. The van der Waals surface area contributed by atoms with Gasteiger partial charge in [-0.3, -0.25) is 0 Å². The minimum absolute atomic E-state index is 0.00438. The Morgan fingerprint density at radius 1 is 1.45 bits per heavy atom. The Balaban J connectivity index is 2.09. The van der Waals surface area contributed by atoms with E-state index in [1.165, 1.54) is 19.3 Å². The first-order chi connectivity index (χ1) is 5.14. The second-order valence-electron chi connectivity index (χ2n) is 3.97. The third-order valence-electron chi connectivity index (χ3n) is 2.47. The molecular weight excluding hydrogens is 138 g/mol. The van der Waals surface area contributed by atoms with Gasteiger partial charge in [-0.05, 0) is 26.7 Å². The lowest BCUT2D eigenvalue weighted by atomic mass is 9.92. The summed E-state index contributed by atoms with van der Waals surface area (Å²) in [5.41, 5.74) is -0.00438. The molecule has 1 N–H and O–H groups in total. The summed E-state index contributed by atoms with van der Waals surface area (Å²) >= 11 is 0. The summed E-state index contributed by atoms with van der Waals surface area (Å²) in [6.07, 6.45) is 4.09. The van der Waals surface area contributed by atoms with Crippen molar-refractivity contribution >= 4 is 0 Å². The van der Waals surface area contributed by atoms with Crippen molar-refractivity contribution in [3.63, 3.8) is 0 Å². The Labute approximate surface area is 69.3 Å². The molecule has 0 spiro atoms. The molecule has 11 heavy (non-hydrogen) atoms. The van der Waals surface area contributed by atoms with Crippen molar-refractivity contribution in [1.82, 2.24) is 5.32 Å². The van der Waals surface area contributed by atoms with Crippen molar-refractivity contribution in [1.29, 1.82) is 0 Å². The third kappa shape index (κ3) is 2.80. The van der Waals surface area contributed by atoms with Gasteiger partial charge < -0.3 is 10.1 Å². The van der Waals surface area contributed by atoms with Gasteiger partial charge in [0.25, 0.3) is 0 Å². The highest BCUT2D eigenvalue weighted by atomic mass is 16.5. The van der Waals surface area contributed by atoms with E-state index in [4.69, 9.17) is 4.74 Å². The molecule has 2 heteroatoms. The van der Waals surface area contributed by atoms with Gasteiger partial charge in [0.15, 0.2) is 0 Å². The quantitative estimate of drug-likeness (QED) is 0.668. The largest absolute Gasteiger partial charge is 0.377 e. The predicted molar refractivity (Wildman–Crippen MR) is 46.7 cm³/mol. The maximum atomic E-state index is 5.29. The molecule has 66 valence electrons. The van der Waals surface area contributed by atoms with Gasteiger partial charge in [-0.2, -0.15) is 0 Å². The summed E-state index contributed by atoms with van der Waals surface area (Å²) in [5.74, 6) is 0. The summed E-state index contributed by atoms with van der Waals surface area (Å²) in [6, 6.07) is 0.768. The van der Waals surface area contributed by atoms with Crippen LogP contribution in [0.25, 0.3) is 0 Å². The second-order valence-corrected chi connectivity index (χ2v) is 3.97. The van der Waals surface area contributed by atoms with Crippen LogP contribution < -0.4 is 5.32 Å². The highest BCUT2D eigenvalue weighted by molar-refractivity contribution is 4.80. The van der Waals surface area contributed by atoms with Crippen LogP contribution >= 0.6 is 0 Å². The Kier molecular flexibility index (Phi) is 2.90. The van der Waals surface area contributed by atoms with Crippen LogP contribution in [0.4, 0.5) is 0 Å². The molecule has 0 aromatic heterocycles. The van der Waals surface area contributed by atoms with Crippen LogP contribution in [-0.4, -0.2) is 25.3 Å². The SMILES string of the molecule is COC(C)(C)CNC1CCC1. The van der Waals surface area contributed by atoms with Crippen LogP contribution in [0.2, 0.25) is 0 Å². The summed E-state index contributed by atoms with van der Waals surface area (Å²) in [5, 5.41) is 3.49. The van der Waals surface area contributed by atoms with Crippen LogP contribution in [0.1, 0.15) is 33.1 Å². The third-order valence-corrected chi connectivity index (χ3v) is 2.47. The molecule has 0 amide bonds. The highest BCUT2D eigenvalue weighted by Crippen LogP contribution is 2.18. The maximum absolute atomic E-state index is 5.29. The van der Waals surface area contributed by atoms with Crippen molar-refractivity contribution < 1.29 is 4.74 Å². The van der Waals surface area contributed by atoms with E-state index in [-0.39, 0.29) is 5.60 Å². The zero-order valence-electron chi connectivity index (χ0n) is 7.81. The van der Waals surface area contributed by atoms with E-state index in [9.17, 15) is 0 Å². The maximum Gasteiger partial charge on any atom is 0.0746 e. The molecule has 1 saturated carbocycles. The van der Waals surface area contributed by atoms with Crippen LogP contribution in [-0.2, 0) is 4.74 Å². The van der Waals surface area contributed by atoms with Crippen molar-refractivity contribution in [3.8, 4) is 0 Å². The van der Waals surface area contributed by atoms with E-state index in [0.717, 1.165) is 12.6 Å². The molecule has 1 aliphatic rings. The first kappa shape index (κ1) is 9.01. The standard InChI is InChI=1S/C9H19NO/c1-9(2,11-3)7-10-8-5-4-6-8/h8,10H,4-7H2,1-3H3. The topological polar surface area (TPSA) is 21.3 Å². The number of nitrogens with one attached hydrogen (secondary N) is 1. The lowest BCUT2D eigenvalue weighted by Gasteiger charge is -2.31. The lowest BCUT2D eigenvalue weighted by Crippen LogP contribution is -2.44. The monoisotopic (exact) mass is 157 g/mol. The second kappa shape index (κ2) is 3.55. The molecule has 0 heterocycles. The van der Waals surface area contributed by atoms with Gasteiger partial charge in [0.1, 0.15) is 0 Å². The number of methoxy groups -OCH3 is 1.